The number of pyridine rings is 1. The van der Waals surface area contributed by atoms with Crippen LogP contribution in [0.4, 0.5) is 5.82 Å². The van der Waals surface area contributed by atoms with Gasteiger partial charge in [0.15, 0.2) is 0 Å². The molecule has 0 bridgehead atoms. The molecule has 0 N–H and O–H groups in total. The van der Waals surface area contributed by atoms with E-state index in [-0.39, 0.29) is 0 Å². The number of oxazole rings is 1. The molecule has 0 amide bonds. The molecule has 2 aromatic heterocycles. The molecule has 1 fully saturated rings. The second-order valence-corrected chi connectivity index (χ2v) is 6.70. The first-order valence-corrected chi connectivity index (χ1v) is 9.08. The number of benzene rings is 1. The van der Waals surface area contributed by atoms with Crippen molar-refractivity contribution in [1.29, 1.82) is 5.26 Å². The van der Waals surface area contributed by atoms with Crippen LogP contribution in [0.25, 0.3) is 11.3 Å². The van der Waals surface area contributed by atoms with Crippen LogP contribution in [0.15, 0.2) is 53.1 Å². The number of nitrogens with zero attached hydrogens (tertiary/aromatic N) is 5. The third kappa shape index (κ3) is 3.83. The Hall–Kier alpha value is -3.17. The molecule has 1 aliphatic rings. The molecule has 0 saturated carbocycles. The van der Waals surface area contributed by atoms with Gasteiger partial charge in [-0.25, -0.2) is 9.97 Å². The predicted octanol–water partition coefficient (Wildman–Crippen LogP) is 3.24. The highest BCUT2D eigenvalue weighted by Gasteiger charge is 2.20. The van der Waals surface area contributed by atoms with Crippen molar-refractivity contribution in [1.82, 2.24) is 14.9 Å². The summed E-state index contributed by atoms with van der Waals surface area (Å²) in [6, 6.07) is 16.2. The number of hydrogen-bond donors (Lipinski definition) is 0. The molecule has 0 atom stereocenters. The van der Waals surface area contributed by atoms with Gasteiger partial charge in [0.25, 0.3) is 0 Å². The van der Waals surface area contributed by atoms with E-state index in [1.54, 1.807) is 6.26 Å². The normalized spacial score (nSPS) is 14.9. The van der Waals surface area contributed by atoms with Crippen LogP contribution in [-0.4, -0.2) is 41.0 Å². The molecule has 0 unspecified atom stereocenters. The lowest BCUT2D eigenvalue weighted by Crippen LogP contribution is -2.46. The Labute approximate surface area is 158 Å². The third-order valence-electron chi connectivity index (χ3n) is 4.86. The van der Waals surface area contributed by atoms with Gasteiger partial charge in [0.2, 0.25) is 5.89 Å². The zero-order chi connectivity index (χ0) is 18.6. The van der Waals surface area contributed by atoms with Crippen molar-refractivity contribution in [2.24, 2.45) is 0 Å². The van der Waals surface area contributed by atoms with E-state index in [0.29, 0.717) is 12.2 Å². The van der Waals surface area contributed by atoms with Crippen molar-refractivity contribution in [2.45, 2.75) is 13.5 Å². The Kier molecular flexibility index (Phi) is 4.86. The highest BCUT2D eigenvalue weighted by Crippen LogP contribution is 2.20. The van der Waals surface area contributed by atoms with Crippen LogP contribution in [-0.2, 0) is 6.54 Å². The lowest BCUT2D eigenvalue weighted by molar-refractivity contribution is 0.226. The smallest absolute Gasteiger partial charge is 0.208 e. The van der Waals surface area contributed by atoms with Crippen molar-refractivity contribution in [2.75, 3.05) is 31.1 Å². The molecule has 27 heavy (non-hydrogen) atoms. The quantitative estimate of drug-likeness (QED) is 0.712. The van der Waals surface area contributed by atoms with Gasteiger partial charge < -0.3 is 9.32 Å². The standard InChI is InChI=1S/C21H21N5O/c1-16-7-8-20(23-18(16)13-22)26-11-9-25(10-12-26)14-21-24-19(15-27-21)17-5-3-2-4-6-17/h2-8,15H,9-12,14H2,1H3. The van der Waals surface area contributed by atoms with Crippen LogP contribution in [0.3, 0.4) is 0 Å². The Morgan fingerprint density at radius 1 is 1.04 bits per heavy atom. The number of rotatable bonds is 4. The largest absolute Gasteiger partial charge is 0.447 e. The number of piperazine rings is 1. The predicted molar refractivity (Wildman–Crippen MR) is 103 cm³/mol. The zero-order valence-electron chi connectivity index (χ0n) is 15.3. The molecule has 136 valence electrons. The molecule has 3 aromatic rings. The van der Waals surface area contributed by atoms with Gasteiger partial charge in [0.1, 0.15) is 29.5 Å². The summed E-state index contributed by atoms with van der Waals surface area (Å²) in [6.45, 7) is 6.15. The van der Waals surface area contributed by atoms with E-state index in [0.717, 1.165) is 54.7 Å². The van der Waals surface area contributed by atoms with Crippen molar-refractivity contribution >= 4 is 5.82 Å². The van der Waals surface area contributed by atoms with Gasteiger partial charge in [0.05, 0.1) is 6.54 Å². The molecule has 1 aromatic carbocycles. The van der Waals surface area contributed by atoms with Crippen LogP contribution in [0, 0.1) is 18.3 Å². The van der Waals surface area contributed by atoms with Crippen molar-refractivity contribution in [3.05, 3.63) is 65.9 Å². The summed E-state index contributed by atoms with van der Waals surface area (Å²) in [7, 11) is 0. The van der Waals surface area contributed by atoms with Crippen LogP contribution in [0.2, 0.25) is 0 Å². The summed E-state index contributed by atoms with van der Waals surface area (Å²) in [5.74, 6) is 1.61. The maximum absolute atomic E-state index is 9.18. The first-order chi connectivity index (χ1) is 13.2. The first-order valence-electron chi connectivity index (χ1n) is 9.08. The average molecular weight is 359 g/mol. The summed E-state index contributed by atoms with van der Waals surface area (Å²) >= 11 is 0. The fourth-order valence-electron chi connectivity index (χ4n) is 3.26. The van der Waals surface area contributed by atoms with Gasteiger partial charge in [-0.1, -0.05) is 36.4 Å². The second-order valence-electron chi connectivity index (χ2n) is 6.70. The number of nitriles is 1. The van der Waals surface area contributed by atoms with Crippen LogP contribution in [0.5, 0.6) is 0 Å². The monoisotopic (exact) mass is 359 g/mol. The molecule has 1 aliphatic heterocycles. The van der Waals surface area contributed by atoms with E-state index in [1.165, 1.54) is 0 Å². The topological polar surface area (TPSA) is 69.2 Å². The lowest BCUT2D eigenvalue weighted by atomic mass is 10.2. The number of aryl methyl sites for hydroxylation is 1. The fourth-order valence-corrected chi connectivity index (χ4v) is 3.26. The van der Waals surface area contributed by atoms with E-state index in [9.17, 15) is 5.26 Å². The van der Waals surface area contributed by atoms with Gasteiger partial charge in [-0.15, -0.1) is 0 Å². The molecule has 6 nitrogen and oxygen atoms in total. The molecule has 0 spiro atoms. The third-order valence-corrected chi connectivity index (χ3v) is 4.86. The van der Waals surface area contributed by atoms with Crippen LogP contribution >= 0.6 is 0 Å². The average Bonchev–Trinajstić information content (AvgIpc) is 3.18. The Morgan fingerprint density at radius 2 is 1.81 bits per heavy atom. The summed E-state index contributed by atoms with van der Waals surface area (Å²) in [5, 5.41) is 9.18. The van der Waals surface area contributed by atoms with Gasteiger partial charge in [-0.3, -0.25) is 4.90 Å². The second kappa shape index (κ2) is 7.60. The van der Waals surface area contributed by atoms with Crippen molar-refractivity contribution in [3.8, 4) is 17.3 Å². The highest BCUT2D eigenvalue weighted by atomic mass is 16.3. The number of hydrogen-bond acceptors (Lipinski definition) is 6. The van der Waals surface area contributed by atoms with E-state index >= 15 is 0 Å². The van der Waals surface area contributed by atoms with Crippen molar-refractivity contribution < 1.29 is 4.42 Å². The van der Waals surface area contributed by atoms with Gasteiger partial charge in [-0.2, -0.15) is 5.26 Å². The molecule has 0 aliphatic carbocycles. The van der Waals surface area contributed by atoms with Gasteiger partial charge in [-0.05, 0) is 18.6 Å². The summed E-state index contributed by atoms with van der Waals surface area (Å²) < 4.78 is 5.66. The highest BCUT2D eigenvalue weighted by molar-refractivity contribution is 5.57. The van der Waals surface area contributed by atoms with Crippen molar-refractivity contribution in [3.63, 3.8) is 0 Å². The van der Waals surface area contributed by atoms with Crippen LogP contribution < -0.4 is 4.90 Å². The minimum Gasteiger partial charge on any atom is -0.447 e. The molecular weight excluding hydrogens is 338 g/mol. The number of anilines is 1. The zero-order valence-corrected chi connectivity index (χ0v) is 15.3. The minimum absolute atomic E-state index is 0.503. The fraction of sp³-hybridized carbons (Fsp3) is 0.286. The summed E-state index contributed by atoms with van der Waals surface area (Å²) in [6.07, 6.45) is 1.72. The summed E-state index contributed by atoms with van der Waals surface area (Å²) in [4.78, 5) is 13.6. The molecular formula is C21H21N5O. The molecule has 4 rings (SSSR count). The van der Waals surface area contributed by atoms with E-state index < -0.39 is 0 Å². The Balaban J connectivity index is 1.36. The van der Waals surface area contributed by atoms with Gasteiger partial charge >= 0.3 is 0 Å². The molecule has 6 heteroatoms. The first kappa shape index (κ1) is 17.3. The summed E-state index contributed by atoms with van der Waals surface area (Å²) in [5.41, 5.74) is 3.36. The molecule has 0 radical (unpaired) electrons. The maximum atomic E-state index is 9.18. The SMILES string of the molecule is Cc1ccc(N2CCN(Cc3nc(-c4ccccc4)co3)CC2)nc1C#N. The molecule has 1 saturated heterocycles. The molecule has 3 heterocycles. The van der Waals surface area contributed by atoms with E-state index in [4.69, 9.17) is 4.42 Å². The van der Waals surface area contributed by atoms with E-state index in [1.807, 2.05) is 49.4 Å². The van der Waals surface area contributed by atoms with E-state index in [2.05, 4.69) is 25.8 Å². The van der Waals surface area contributed by atoms with Crippen LogP contribution in [0.1, 0.15) is 17.1 Å². The minimum atomic E-state index is 0.503. The lowest BCUT2D eigenvalue weighted by Gasteiger charge is -2.34. The van der Waals surface area contributed by atoms with Gasteiger partial charge in [0, 0.05) is 31.7 Å². The Morgan fingerprint density at radius 3 is 2.56 bits per heavy atom. The maximum Gasteiger partial charge on any atom is 0.208 e. The Bertz CT molecular complexity index is 952. The number of aromatic nitrogens is 2.